The fourth-order valence-corrected chi connectivity index (χ4v) is 4.48. The molecule has 2 N–H and O–H groups in total. The molecule has 4 aromatic rings. The van der Waals surface area contributed by atoms with Crippen molar-refractivity contribution >= 4 is 11.9 Å². The maximum atomic E-state index is 11.4. The van der Waals surface area contributed by atoms with Gasteiger partial charge in [-0.3, -0.25) is 4.79 Å². The molecule has 190 valence electrons. The van der Waals surface area contributed by atoms with Crippen LogP contribution in [0.1, 0.15) is 37.1 Å². The van der Waals surface area contributed by atoms with Crippen LogP contribution in [0, 0.1) is 12.8 Å². The molecule has 3 aromatic heterocycles. The largest absolute Gasteiger partial charge is 0.481 e. The van der Waals surface area contributed by atoms with Crippen molar-refractivity contribution in [1.82, 2.24) is 34.9 Å². The van der Waals surface area contributed by atoms with Crippen molar-refractivity contribution < 1.29 is 14.6 Å². The Morgan fingerprint density at radius 2 is 1.97 bits per heavy atom. The summed E-state index contributed by atoms with van der Waals surface area (Å²) in [6.45, 7) is 2.20. The minimum atomic E-state index is -0.771. The van der Waals surface area contributed by atoms with Gasteiger partial charge in [0.15, 0.2) is 0 Å². The molecular weight excluding hydrogens is 472 g/mol. The lowest BCUT2D eigenvalue weighted by molar-refractivity contribution is -0.143. The van der Waals surface area contributed by atoms with Crippen LogP contribution in [-0.4, -0.2) is 52.1 Å². The summed E-state index contributed by atoms with van der Waals surface area (Å²) in [6, 6.07) is 11.8. The third-order valence-electron chi connectivity index (χ3n) is 6.48. The van der Waals surface area contributed by atoms with Gasteiger partial charge in [0.05, 0.1) is 30.0 Å². The van der Waals surface area contributed by atoms with Crippen molar-refractivity contribution in [1.29, 1.82) is 0 Å². The van der Waals surface area contributed by atoms with Crippen molar-refractivity contribution in [2.45, 2.75) is 45.3 Å². The number of anilines is 1. The number of rotatable bonds is 8. The van der Waals surface area contributed by atoms with Crippen LogP contribution in [0.5, 0.6) is 5.88 Å². The zero-order chi connectivity index (χ0) is 25.8. The number of carboxylic acids is 1. The maximum Gasteiger partial charge on any atom is 0.306 e. The number of carboxylic acid groups (broad SMARTS) is 1. The Bertz CT molecular complexity index is 1390. The predicted octanol–water partition coefficient (Wildman–Crippen LogP) is 3.67. The summed E-state index contributed by atoms with van der Waals surface area (Å²) >= 11 is 0. The average molecular weight is 501 g/mol. The van der Waals surface area contributed by atoms with Crippen molar-refractivity contribution in [2.75, 3.05) is 5.32 Å². The molecule has 0 spiro atoms. The molecule has 11 heteroatoms. The molecule has 0 aliphatic heterocycles. The molecule has 0 radical (unpaired) electrons. The first-order chi connectivity index (χ1) is 18.0. The summed E-state index contributed by atoms with van der Waals surface area (Å²) < 4.78 is 7.72. The second-order valence-electron chi connectivity index (χ2n) is 9.08. The Labute approximate surface area is 214 Å². The highest BCUT2D eigenvalue weighted by Gasteiger charge is 2.29. The maximum absolute atomic E-state index is 11.4. The minimum Gasteiger partial charge on any atom is -0.481 e. The molecule has 1 aliphatic rings. The van der Waals surface area contributed by atoms with Gasteiger partial charge in [-0.1, -0.05) is 35.5 Å². The third-order valence-corrected chi connectivity index (χ3v) is 6.48. The normalized spacial score (nSPS) is 17.4. The van der Waals surface area contributed by atoms with Crippen LogP contribution < -0.4 is 10.1 Å². The fourth-order valence-electron chi connectivity index (χ4n) is 4.48. The van der Waals surface area contributed by atoms with E-state index < -0.39 is 5.97 Å². The molecule has 37 heavy (non-hydrogen) atoms. The van der Waals surface area contributed by atoms with Gasteiger partial charge in [-0.2, -0.15) is 0 Å². The van der Waals surface area contributed by atoms with Gasteiger partial charge in [0.1, 0.15) is 23.2 Å². The summed E-state index contributed by atoms with van der Waals surface area (Å²) in [5.41, 5.74) is 4.41. The highest BCUT2D eigenvalue weighted by atomic mass is 16.5. The molecule has 3 heterocycles. The Morgan fingerprint density at radius 3 is 2.76 bits per heavy atom. The number of hydrogen-bond donors (Lipinski definition) is 2. The number of ether oxygens (including phenoxy) is 1. The molecule has 0 unspecified atom stereocenters. The van der Waals surface area contributed by atoms with Gasteiger partial charge in [-0.25, -0.2) is 24.6 Å². The predicted molar refractivity (Wildman–Crippen MR) is 136 cm³/mol. The number of aliphatic carboxylic acids is 1. The first kappa shape index (κ1) is 24.3. The third kappa shape index (κ3) is 5.55. The number of carbonyl (C=O) groups is 1. The van der Waals surface area contributed by atoms with E-state index >= 15 is 0 Å². The Hall–Kier alpha value is -4.41. The molecule has 5 rings (SSSR count). The van der Waals surface area contributed by atoms with Crippen LogP contribution in [0.15, 0.2) is 48.8 Å². The SMILES string of the molecule is Cc1nc(-c2nnn(C)c2CNc2nccc(-c3ccccc3)n2)cnc1O[C@H]1CCC[C@H](C(=O)O)C1. The number of nitrogens with zero attached hydrogens (tertiary/aromatic N) is 7. The molecule has 1 aromatic carbocycles. The zero-order valence-corrected chi connectivity index (χ0v) is 20.7. The standard InChI is InChI=1S/C26H28N8O3/c1-16-24(37-19-10-6-9-18(13-19)25(35)36)28-14-21(30-16)23-22(34(2)33-32-23)15-29-26-27-12-11-20(31-26)17-7-4-3-5-8-17/h3-5,7-8,11-12,14,18-19H,6,9-10,13,15H2,1-2H3,(H,35,36)(H,27,29,31)/t18-,19-/m0/s1. The highest BCUT2D eigenvalue weighted by Crippen LogP contribution is 2.29. The van der Waals surface area contributed by atoms with Crippen molar-refractivity contribution in [3.05, 3.63) is 60.2 Å². The first-order valence-corrected chi connectivity index (χ1v) is 12.2. The van der Waals surface area contributed by atoms with Crippen LogP contribution >= 0.6 is 0 Å². The molecule has 1 saturated carbocycles. The Kier molecular flexibility index (Phi) is 7.02. The van der Waals surface area contributed by atoms with Crippen LogP contribution in [0.2, 0.25) is 0 Å². The molecule has 0 saturated heterocycles. The lowest BCUT2D eigenvalue weighted by Gasteiger charge is -2.27. The Morgan fingerprint density at radius 1 is 1.14 bits per heavy atom. The summed E-state index contributed by atoms with van der Waals surface area (Å²) in [6.07, 6.45) is 5.94. The second kappa shape index (κ2) is 10.7. The summed E-state index contributed by atoms with van der Waals surface area (Å²) in [7, 11) is 1.81. The topological polar surface area (TPSA) is 141 Å². The number of benzene rings is 1. The van der Waals surface area contributed by atoms with E-state index in [2.05, 4.69) is 35.6 Å². The molecule has 1 aliphatic carbocycles. The average Bonchev–Trinajstić information content (AvgIpc) is 3.29. The van der Waals surface area contributed by atoms with E-state index in [0.717, 1.165) is 29.8 Å². The summed E-state index contributed by atoms with van der Waals surface area (Å²) in [4.78, 5) is 29.5. The van der Waals surface area contributed by atoms with Gasteiger partial charge in [-0.05, 0) is 38.7 Å². The van der Waals surface area contributed by atoms with Gasteiger partial charge >= 0.3 is 5.97 Å². The molecule has 11 nitrogen and oxygen atoms in total. The number of nitrogens with one attached hydrogen (secondary N) is 1. The van der Waals surface area contributed by atoms with E-state index in [9.17, 15) is 9.90 Å². The fraction of sp³-hybridized carbons (Fsp3) is 0.346. The second-order valence-corrected chi connectivity index (χ2v) is 9.08. The molecule has 0 amide bonds. The zero-order valence-electron chi connectivity index (χ0n) is 20.7. The number of aryl methyl sites for hydroxylation is 2. The van der Waals surface area contributed by atoms with E-state index in [-0.39, 0.29) is 12.0 Å². The molecule has 2 atom stereocenters. The van der Waals surface area contributed by atoms with E-state index in [1.807, 2.05) is 50.4 Å². The lowest BCUT2D eigenvalue weighted by atomic mass is 9.87. The number of hydrogen-bond acceptors (Lipinski definition) is 9. The summed E-state index contributed by atoms with van der Waals surface area (Å²) in [5.74, 6) is -0.244. The number of aromatic nitrogens is 7. The van der Waals surface area contributed by atoms with Gasteiger partial charge in [0, 0.05) is 18.8 Å². The van der Waals surface area contributed by atoms with Gasteiger partial charge in [0.2, 0.25) is 11.8 Å². The van der Waals surface area contributed by atoms with Crippen LogP contribution in [0.4, 0.5) is 5.95 Å². The van der Waals surface area contributed by atoms with E-state index in [1.54, 1.807) is 17.1 Å². The van der Waals surface area contributed by atoms with Crippen molar-refractivity contribution in [3.63, 3.8) is 0 Å². The van der Waals surface area contributed by atoms with Crippen LogP contribution in [0.3, 0.4) is 0 Å². The van der Waals surface area contributed by atoms with E-state index in [4.69, 9.17) is 4.74 Å². The molecule has 1 fully saturated rings. The monoisotopic (exact) mass is 500 g/mol. The molecular formula is C26H28N8O3. The van der Waals surface area contributed by atoms with E-state index in [0.29, 0.717) is 48.3 Å². The van der Waals surface area contributed by atoms with E-state index in [1.165, 1.54) is 0 Å². The quantitative estimate of drug-likeness (QED) is 0.368. The van der Waals surface area contributed by atoms with Crippen molar-refractivity contribution in [2.24, 2.45) is 13.0 Å². The van der Waals surface area contributed by atoms with Crippen LogP contribution in [-0.2, 0) is 18.4 Å². The minimum absolute atomic E-state index is 0.184. The van der Waals surface area contributed by atoms with Gasteiger partial charge in [0.25, 0.3) is 0 Å². The van der Waals surface area contributed by atoms with Crippen molar-refractivity contribution in [3.8, 4) is 28.5 Å². The summed E-state index contributed by atoms with van der Waals surface area (Å²) in [5, 5.41) is 21.1. The highest BCUT2D eigenvalue weighted by molar-refractivity contribution is 5.70. The smallest absolute Gasteiger partial charge is 0.306 e. The van der Waals surface area contributed by atoms with Gasteiger partial charge in [-0.15, -0.1) is 5.10 Å². The Balaban J connectivity index is 1.30. The lowest BCUT2D eigenvalue weighted by Crippen LogP contribution is -2.30. The molecule has 0 bridgehead atoms. The van der Waals surface area contributed by atoms with Crippen LogP contribution in [0.25, 0.3) is 22.6 Å². The first-order valence-electron chi connectivity index (χ1n) is 12.2. The van der Waals surface area contributed by atoms with Gasteiger partial charge < -0.3 is 15.2 Å².